The number of non-ortho nitro benzene ring substituents is 1. The molecular formula is C12H8F3N3O3. The molecule has 110 valence electrons. The van der Waals surface area contributed by atoms with Crippen LogP contribution < -0.4 is 10.9 Å². The molecular weight excluding hydrogens is 291 g/mol. The first-order valence-corrected chi connectivity index (χ1v) is 5.59. The van der Waals surface area contributed by atoms with Crippen molar-refractivity contribution in [3.8, 4) is 0 Å². The summed E-state index contributed by atoms with van der Waals surface area (Å²) in [5.74, 6) is 0. The Morgan fingerprint density at radius 2 is 1.81 bits per heavy atom. The predicted octanol–water partition coefficient (Wildman–Crippen LogP) is 3.05. The molecule has 1 aromatic heterocycles. The van der Waals surface area contributed by atoms with Crippen LogP contribution in [0.3, 0.4) is 0 Å². The molecule has 1 heterocycles. The van der Waals surface area contributed by atoms with Crippen molar-refractivity contribution in [3.63, 3.8) is 0 Å². The summed E-state index contributed by atoms with van der Waals surface area (Å²) in [6.45, 7) is 0. The van der Waals surface area contributed by atoms with Crippen molar-refractivity contribution in [2.75, 3.05) is 5.32 Å². The number of nitrogens with one attached hydrogen (secondary N) is 2. The van der Waals surface area contributed by atoms with Crippen molar-refractivity contribution in [3.05, 3.63) is 62.6 Å². The molecule has 21 heavy (non-hydrogen) atoms. The number of alkyl halides is 3. The Morgan fingerprint density at radius 3 is 2.33 bits per heavy atom. The molecule has 0 aliphatic rings. The summed E-state index contributed by atoms with van der Waals surface area (Å²) in [5.41, 5.74) is -1.96. The van der Waals surface area contributed by atoms with Crippen molar-refractivity contribution in [1.29, 1.82) is 0 Å². The molecule has 0 radical (unpaired) electrons. The number of aromatic nitrogens is 1. The van der Waals surface area contributed by atoms with E-state index < -0.39 is 22.2 Å². The summed E-state index contributed by atoms with van der Waals surface area (Å²) < 4.78 is 37.7. The quantitative estimate of drug-likeness (QED) is 0.673. The minimum absolute atomic E-state index is 0.168. The molecule has 9 heteroatoms. The highest BCUT2D eigenvalue weighted by molar-refractivity contribution is 5.60. The van der Waals surface area contributed by atoms with Crippen LogP contribution in [0.1, 0.15) is 5.56 Å². The number of benzene rings is 1. The topological polar surface area (TPSA) is 88.0 Å². The molecule has 0 spiro atoms. The minimum Gasteiger partial charge on any atom is -0.351 e. The zero-order chi connectivity index (χ0) is 15.6. The highest BCUT2D eigenvalue weighted by atomic mass is 19.4. The predicted molar refractivity (Wildman–Crippen MR) is 68.4 cm³/mol. The highest BCUT2D eigenvalue weighted by Gasteiger charge is 2.31. The number of nitrogens with zero attached hydrogens (tertiary/aromatic N) is 1. The molecule has 2 rings (SSSR count). The number of aromatic amines is 1. The lowest BCUT2D eigenvalue weighted by Crippen LogP contribution is -2.15. The first-order chi connectivity index (χ1) is 9.77. The largest absolute Gasteiger partial charge is 0.417 e. The molecule has 6 nitrogen and oxygen atoms in total. The van der Waals surface area contributed by atoms with Gasteiger partial charge in [-0.05, 0) is 18.2 Å². The van der Waals surface area contributed by atoms with E-state index in [0.717, 1.165) is 0 Å². The number of rotatable bonds is 3. The second kappa shape index (κ2) is 5.27. The first kappa shape index (κ1) is 14.6. The maximum absolute atomic E-state index is 12.6. The molecule has 0 aliphatic carbocycles. The second-order valence-electron chi connectivity index (χ2n) is 4.06. The Balaban J connectivity index is 2.31. The number of nitro groups is 1. The fraction of sp³-hybridized carbons (Fsp3) is 0.0833. The minimum atomic E-state index is -4.59. The van der Waals surface area contributed by atoms with Gasteiger partial charge in [0, 0.05) is 24.0 Å². The van der Waals surface area contributed by atoms with Crippen LogP contribution in [0.15, 0.2) is 41.3 Å². The van der Waals surface area contributed by atoms with Crippen LogP contribution in [0, 0.1) is 10.1 Å². The maximum Gasteiger partial charge on any atom is 0.417 e. The maximum atomic E-state index is 12.6. The van der Waals surface area contributed by atoms with E-state index in [2.05, 4.69) is 5.32 Å². The summed E-state index contributed by atoms with van der Waals surface area (Å²) in [5, 5.41) is 13.0. The molecule has 0 saturated heterocycles. The van der Waals surface area contributed by atoms with Gasteiger partial charge in [0.05, 0.1) is 10.5 Å². The van der Waals surface area contributed by atoms with E-state index in [1.165, 1.54) is 24.3 Å². The fourth-order valence-corrected chi connectivity index (χ4v) is 1.56. The van der Waals surface area contributed by atoms with E-state index in [1.54, 1.807) is 0 Å². The van der Waals surface area contributed by atoms with E-state index in [1.807, 2.05) is 4.98 Å². The van der Waals surface area contributed by atoms with Crippen LogP contribution in [0.5, 0.6) is 0 Å². The van der Waals surface area contributed by atoms with E-state index in [9.17, 15) is 28.1 Å². The lowest BCUT2D eigenvalue weighted by molar-refractivity contribution is -0.384. The molecule has 0 atom stereocenters. The molecule has 1 aromatic carbocycles. The summed E-state index contributed by atoms with van der Waals surface area (Å²) >= 11 is 0. The summed E-state index contributed by atoms with van der Waals surface area (Å²) in [4.78, 5) is 23.3. The molecule has 0 aliphatic heterocycles. The van der Waals surface area contributed by atoms with Gasteiger partial charge in [0.15, 0.2) is 0 Å². The van der Waals surface area contributed by atoms with Gasteiger partial charge >= 0.3 is 6.18 Å². The van der Waals surface area contributed by atoms with E-state index >= 15 is 0 Å². The number of nitro benzene ring substituents is 1. The Labute approximate surface area is 115 Å². The second-order valence-corrected chi connectivity index (χ2v) is 4.06. The van der Waals surface area contributed by atoms with Crippen LogP contribution in [-0.2, 0) is 6.18 Å². The third-order valence-corrected chi connectivity index (χ3v) is 2.59. The first-order valence-electron chi connectivity index (χ1n) is 5.59. The zero-order valence-electron chi connectivity index (χ0n) is 10.3. The van der Waals surface area contributed by atoms with Crippen LogP contribution in [0.2, 0.25) is 0 Å². The van der Waals surface area contributed by atoms with Crippen molar-refractivity contribution < 1.29 is 18.1 Å². The van der Waals surface area contributed by atoms with Gasteiger partial charge in [0.2, 0.25) is 0 Å². The van der Waals surface area contributed by atoms with E-state index in [0.29, 0.717) is 12.3 Å². The lowest BCUT2D eigenvalue weighted by atomic mass is 10.2. The van der Waals surface area contributed by atoms with Gasteiger partial charge in [-0.1, -0.05) is 0 Å². The number of pyridine rings is 1. The van der Waals surface area contributed by atoms with Crippen LogP contribution in [0.4, 0.5) is 30.2 Å². The number of H-pyrrole nitrogens is 1. The Kier molecular flexibility index (Phi) is 3.66. The van der Waals surface area contributed by atoms with Gasteiger partial charge in [-0.2, -0.15) is 13.2 Å². The smallest absolute Gasteiger partial charge is 0.351 e. The van der Waals surface area contributed by atoms with Crippen LogP contribution >= 0.6 is 0 Å². The Hall–Kier alpha value is -2.84. The van der Waals surface area contributed by atoms with Gasteiger partial charge in [0.1, 0.15) is 5.69 Å². The third kappa shape index (κ3) is 3.38. The Bertz CT molecular complexity index is 723. The van der Waals surface area contributed by atoms with Crippen molar-refractivity contribution in [2.24, 2.45) is 0 Å². The standard InChI is InChI=1S/C12H8F3N3O3/c13-12(14,15)7-5-10(11(19)16-6-7)17-8-1-3-9(4-2-8)18(20)21/h1-6,17H,(H,16,19). The molecule has 2 aromatic rings. The van der Waals surface area contributed by atoms with Crippen LogP contribution in [-0.4, -0.2) is 9.91 Å². The van der Waals surface area contributed by atoms with Crippen molar-refractivity contribution >= 4 is 17.1 Å². The van der Waals surface area contributed by atoms with E-state index in [-0.39, 0.29) is 17.1 Å². The average Bonchev–Trinajstić information content (AvgIpc) is 2.40. The summed E-state index contributed by atoms with van der Waals surface area (Å²) in [6, 6.07) is 5.59. The van der Waals surface area contributed by atoms with Crippen LogP contribution in [0.25, 0.3) is 0 Å². The fourth-order valence-electron chi connectivity index (χ4n) is 1.56. The highest BCUT2D eigenvalue weighted by Crippen LogP contribution is 2.29. The SMILES string of the molecule is O=c1[nH]cc(C(F)(F)F)cc1Nc1ccc([N+](=O)[O-])cc1. The monoisotopic (exact) mass is 299 g/mol. The van der Waals surface area contributed by atoms with Gasteiger partial charge in [-0.3, -0.25) is 14.9 Å². The Morgan fingerprint density at radius 1 is 1.19 bits per heavy atom. The van der Waals surface area contributed by atoms with Gasteiger partial charge < -0.3 is 10.3 Å². The molecule has 0 fully saturated rings. The third-order valence-electron chi connectivity index (χ3n) is 2.59. The summed E-state index contributed by atoms with van der Waals surface area (Å²) in [6.07, 6.45) is -4.01. The van der Waals surface area contributed by atoms with Gasteiger partial charge in [-0.25, -0.2) is 0 Å². The lowest BCUT2D eigenvalue weighted by Gasteiger charge is -2.09. The number of anilines is 2. The number of hydrogen-bond acceptors (Lipinski definition) is 4. The average molecular weight is 299 g/mol. The normalized spacial score (nSPS) is 11.2. The number of halogens is 3. The van der Waals surface area contributed by atoms with E-state index in [4.69, 9.17) is 0 Å². The van der Waals surface area contributed by atoms with Gasteiger partial charge in [0.25, 0.3) is 11.2 Å². The molecule has 2 N–H and O–H groups in total. The summed E-state index contributed by atoms with van der Waals surface area (Å²) in [7, 11) is 0. The van der Waals surface area contributed by atoms with Crippen molar-refractivity contribution in [2.45, 2.75) is 6.18 Å². The number of hydrogen-bond donors (Lipinski definition) is 2. The van der Waals surface area contributed by atoms with Gasteiger partial charge in [-0.15, -0.1) is 0 Å². The molecule has 0 saturated carbocycles. The van der Waals surface area contributed by atoms with Crippen molar-refractivity contribution in [1.82, 2.24) is 4.98 Å². The molecule has 0 bridgehead atoms. The molecule has 0 unspecified atom stereocenters. The zero-order valence-corrected chi connectivity index (χ0v) is 10.3. The molecule has 0 amide bonds.